The predicted molar refractivity (Wildman–Crippen MR) is 47.5 cm³/mol. The summed E-state index contributed by atoms with van der Waals surface area (Å²) in [5.74, 6) is -4.12. The smallest absolute Gasteiger partial charge is 0.261 e. The molecule has 1 nitrogen and oxygen atoms in total. The Balaban J connectivity index is 2.90. The topological polar surface area (TPSA) is 12.9 Å². The molecule has 1 heterocycles. The van der Waals surface area contributed by atoms with Crippen molar-refractivity contribution in [3.63, 3.8) is 0 Å². The van der Waals surface area contributed by atoms with Crippen molar-refractivity contribution in [2.24, 2.45) is 0 Å². The Morgan fingerprint density at radius 2 is 1.92 bits per heavy atom. The molecule has 72 valence electrons. The highest BCUT2D eigenvalue weighted by Gasteiger charge is 2.36. The molecule has 13 heavy (non-hydrogen) atoms. The van der Waals surface area contributed by atoms with Gasteiger partial charge in [-0.25, -0.2) is 0 Å². The molecule has 1 rings (SSSR count). The number of pyridine rings is 1. The van der Waals surface area contributed by atoms with Crippen LogP contribution < -0.4 is 5.30 Å². The first-order valence-corrected chi connectivity index (χ1v) is 5.43. The molecule has 0 aliphatic carbocycles. The number of aryl methyl sites for hydroxylation is 1. The van der Waals surface area contributed by atoms with Crippen LogP contribution in [0.15, 0.2) is 18.3 Å². The van der Waals surface area contributed by atoms with Gasteiger partial charge in [-0.2, -0.15) is 13.2 Å². The lowest BCUT2D eigenvalue weighted by molar-refractivity contribution is -0.0385. The highest BCUT2D eigenvalue weighted by atomic mass is 31.1. The predicted octanol–water partition coefficient (Wildman–Crippen LogP) is 2.65. The fourth-order valence-electron chi connectivity index (χ4n) is 0.805. The molecule has 0 aliphatic heterocycles. The maximum Gasteiger partial charge on any atom is 0.409 e. The lowest BCUT2D eigenvalue weighted by atomic mass is 10.4. The maximum atomic E-state index is 12.2. The van der Waals surface area contributed by atoms with Gasteiger partial charge in [-0.05, 0) is 19.7 Å². The Labute approximate surface area is 75.7 Å². The van der Waals surface area contributed by atoms with Crippen molar-refractivity contribution in [2.45, 2.75) is 12.8 Å². The zero-order valence-corrected chi connectivity index (χ0v) is 8.15. The molecule has 0 aliphatic rings. The summed E-state index contributed by atoms with van der Waals surface area (Å²) in [6.45, 7) is 2.94. The minimum Gasteiger partial charge on any atom is -0.261 e. The minimum atomic E-state index is -4.12. The Hall–Kier alpha value is -0.630. The van der Waals surface area contributed by atoms with E-state index in [0.717, 1.165) is 5.69 Å². The van der Waals surface area contributed by atoms with Crippen molar-refractivity contribution >= 4 is 13.2 Å². The van der Waals surface area contributed by atoms with Gasteiger partial charge in [-0.1, -0.05) is 6.07 Å². The van der Waals surface area contributed by atoms with Crippen LogP contribution in [-0.2, 0) is 0 Å². The highest BCUT2D eigenvalue weighted by Crippen LogP contribution is 2.48. The van der Waals surface area contributed by atoms with Gasteiger partial charge in [-0.15, -0.1) is 0 Å². The molecule has 1 unspecified atom stereocenters. The van der Waals surface area contributed by atoms with Crippen LogP contribution in [0.2, 0.25) is 0 Å². The van der Waals surface area contributed by atoms with Crippen LogP contribution in [0.1, 0.15) is 5.69 Å². The third-order valence-corrected chi connectivity index (χ3v) is 3.46. The highest BCUT2D eigenvalue weighted by molar-refractivity contribution is 7.65. The Morgan fingerprint density at radius 3 is 2.31 bits per heavy atom. The molecule has 0 amide bonds. The van der Waals surface area contributed by atoms with Crippen LogP contribution in [0.3, 0.4) is 0 Å². The van der Waals surface area contributed by atoms with Crippen molar-refractivity contribution in [1.82, 2.24) is 4.98 Å². The van der Waals surface area contributed by atoms with E-state index in [-0.39, 0.29) is 5.30 Å². The summed E-state index contributed by atoms with van der Waals surface area (Å²) < 4.78 is 36.7. The maximum absolute atomic E-state index is 12.2. The number of nitrogens with zero attached hydrogens (tertiary/aromatic N) is 1. The molecule has 0 saturated heterocycles. The van der Waals surface area contributed by atoms with Crippen molar-refractivity contribution < 1.29 is 13.2 Å². The van der Waals surface area contributed by atoms with Crippen molar-refractivity contribution in [2.75, 3.05) is 6.66 Å². The van der Waals surface area contributed by atoms with E-state index >= 15 is 0 Å². The fourth-order valence-corrected chi connectivity index (χ4v) is 1.63. The Morgan fingerprint density at radius 1 is 1.31 bits per heavy atom. The molecule has 1 aromatic rings. The SMILES string of the molecule is Cc1ccc(P(C)C(F)(F)F)cn1. The van der Waals surface area contributed by atoms with E-state index in [4.69, 9.17) is 0 Å². The number of hydrogen-bond donors (Lipinski definition) is 0. The molecule has 1 aromatic heterocycles. The molecule has 0 saturated carbocycles. The van der Waals surface area contributed by atoms with Crippen LogP contribution in [0.5, 0.6) is 0 Å². The number of rotatable bonds is 1. The van der Waals surface area contributed by atoms with Gasteiger partial charge in [0.15, 0.2) is 0 Å². The number of aromatic nitrogens is 1. The van der Waals surface area contributed by atoms with Crippen LogP contribution in [0, 0.1) is 6.92 Å². The third kappa shape index (κ3) is 2.66. The van der Waals surface area contributed by atoms with E-state index in [1.165, 1.54) is 18.9 Å². The summed E-state index contributed by atoms with van der Waals surface area (Å²) in [5, 5.41) is 0.271. The van der Waals surface area contributed by atoms with Crippen molar-refractivity contribution in [3.8, 4) is 0 Å². The number of hydrogen-bond acceptors (Lipinski definition) is 1. The molecule has 0 aromatic carbocycles. The largest absolute Gasteiger partial charge is 0.409 e. The summed E-state index contributed by atoms with van der Waals surface area (Å²) in [7, 11) is -2.09. The molecule has 0 N–H and O–H groups in total. The fraction of sp³-hybridized carbons (Fsp3) is 0.375. The quantitative estimate of drug-likeness (QED) is 0.645. The van der Waals surface area contributed by atoms with Gasteiger partial charge in [-0.3, -0.25) is 4.98 Å². The van der Waals surface area contributed by atoms with Gasteiger partial charge in [0.1, 0.15) is 0 Å². The van der Waals surface area contributed by atoms with Crippen molar-refractivity contribution in [3.05, 3.63) is 24.0 Å². The molecule has 0 radical (unpaired) electrons. The summed E-state index contributed by atoms with van der Waals surface area (Å²) in [6.07, 6.45) is 1.30. The van der Waals surface area contributed by atoms with Crippen LogP contribution in [-0.4, -0.2) is 17.6 Å². The Kier molecular flexibility index (Phi) is 2.91. The Bertz CT molecular complexity index is 280. The van der Waals surface area contributed by atoms with E-state index in [9.17, 15) is 13.2 Å². The second-order valence-electron chi connectivity index (χ2n) is 2.68. The molecule has 0 spiro atoms. The molecular formula is C8H9F3NP. The average Bonchev–Trinajstić information content (AvgIpc) is 2.03. The normalized spacial score (nSPS) is 14.2. The van der Waals surface area contributed by atoms with Gasteiger partial charge in [0.2, 0.25) is 0 Å². The standard InChI is InChI=1S/C8H9F3NP/c1-6-3-4-7(5-12-6)13(2)8(9,10)11/h3-5H,1-2H3. The lowest BCUT2D eigenvalue weighted by Crippen LogP contribution is -2.14. The van der Waals surface area contributed by atoms with E-state index < -0.39 is 13.8 Å². The van der Waals surface area contributed by atoms with E-state index in [1.807, 2.05) is 0 Å². The average molecular weight is 207 g/mol. The number of halogens is 3. The first-order chi connectivity index (χ1) is 5.91. The summed E-state index contributed by atoms with van der Waals surface area (Å²) in [6, 6.07) is 3.08. The summed E-state index contributed by atoms with van der Waals surface area (Å²) in [4.78, 5) is 3.83. The molecule has 0 bridgehead atoms. The van der Waals surface area contributed by atoms with Gasteiger partial charge >= 0.3 is 5.92 Å². The van der Waals surface area contributed by atoms with Gasteiger partial charge in [0.25, 0.3) is 0 Å². The molecular weight excluding hydrogens is 198 g/mol. The molecule has 0 fully saturated rings. The monoisotopic (exact) mass is 207 g/mol. The van der Waals surface area contributed by atoms with Crippen molar-refractivity contribution in [1.29, 1.82) is 0 Å². The van der Waals surface area contributed by atoms with Gasteiger partial charge < -0.3 is 0 Å². The van der Waals surface area contributed by atoms with E-state index in [0.29, 0.717) is 0 Å². The minimum absolute atomic E-state index is 0.271. The number of alkyl halides is 3. The first kappa shape index (κ1) is 10.5. The van der Waals surface area contributed by atoms with Crippen LogP contribution in [0.4, 0.5) is 13.2 Å². The summed E-state index contributed by atoms with van der Waals surface area (Å²) >= 11 is 0. The molecule has 1 atom stereocenters. The second kappa shape index (κ2) is 3.62. The van der Waals surface area contributed by atoms with Gasteiger partial charge in [0, 0.05) is 25.1 Å². The van der Waals surface area contributed by atoms with E-state index in [2.05, 4.69) is 4.98 Å². The molecule has 5 heteroatoms. The zero-order chi connectivity index (χ0) is 10.1. The van der Waals surface area contributed by atoms with E-state index in [1.54, 1.807) is 13.0 Å². The summed E-state index contributed by atoms with van der Waals surface area (Å²) in [5.41, 5.74) is 0.731. The van der Waals surface area contributed by atoms with Crippen LogP contribution in [0.25, 0.3) is 0 Å². The lowest BCUT2D eigenvalue weighted by Gasteiger charge is -2.15. The zero-order valence-electron chi connectivity index (χ0n) is 7.26. The van der Waals surface area contributed by atoms with Crippen LogP contribution >= 0.6 is 7.92 Å². The third-order valence-electron chi connectivity index (χ3n) is 1.66. The second-order valence-corrected chi connectivity index (χ2v) is 4.83. The first-order valence-electron chi connectivity index (χ1n) is 3.64. The van der Waals surface area contributed by atoms with Gasteiger partial charge in [0.05, 0.1) is 0 Å².